The number of rotatable bonds is 5. The number of non-ortho nitro benzene ring substituents is 1. The first kappa shape index (κ1) is 15.6. The molecule has 0 aromatic heterocycles. The Morgan fingerprint density at radius 3 is 2.62 bits per heavy atom. The van der Waals surface area contributed by atoms with Crippen LogP contribution >= 0.6 is 15.9 Å². The predicted molar refractivity (Wildman–Crippen MR) is 82.6 cm³/mol. The van der Waals surface area contributed by atoms with E-state index in [4.69, 9.17) is 5.73 Å². The van der Waals surface area contributed by atoms with Crippen LogP contribution in [0.25, 0.3) is 0 Å². The molecule has 0 heterocycles. The Kier molecular flexibility index (Phi) is 5.03. The van der Waals surface area contributed by atoms with Gasteiger partial charge in [-0.25, -0.2) is 4.39 Å². The zero-order chi connectivity index (χ0) is 15.4. The molecular weight excluding hydrogens is 339 g/mol. The minimum Gasteiger partial charge on any atom is -0.327 e. The van der Waals surface area contributed by atoms with Crippen LogP contribution < -0.4 is 5.73 Å². The number of halogens is 2. The van der Waals surface area contributed by atoms with Gasteiger partial charge >= 0.3 is 0 Å². The Bertz CT molecular complexity index is 664. The Balaban J connectivity index is 2.06. The number of nitro benzene ring substituents is 1. The molecule has 2 aromatic rings. The first-order valence-electron chi connectivity index (χ1n) is 6.38. The van der Waals surface area contributed by atoms with Crippen LogP contribution in [0.3, 0.4) is 0 Å². The highest BCUT2D eigenvalue weighted by molar-refractivity contribution is 9.10. The summed E-state index contributed by atoms with van der Waals surface area (Å²) < 4.78 is 13.8. The SMILES string of the molecule is NC(Cc1cccc(F)c1)Cc1ccc([N+](=O)[O-])cc1Br. The number of nitro groups is 1. The third kappa shape index (κ3) is 4.34. The zero-order valence-electron chi connectivity index (χ0n) is 11.1. The van der Waals surface area contributed by atoms with E-state index in [1.54, 1.807) is 12.1 Å². The van der Waals surface area contributed by atoms with Crippen molar-refractivity contribution in [1.82, 2.24) is 0 Å². The van der Waals surface area contributed by atoms with Crippen LogP contribution in [0.5, 0.6) is 0 Å². The fourth-order valence-electron chi connectivity index (χ4n) is 2.14. The Labute approximate surface area is 130 Å². The highest BCUT2D eigenvalue weighted by Crippen LogP contribution is 2.24. The Morgan fingerprint density at radius 1 is 1.24 bits per heavy atom. The van der Waals surface area contributed by atoms with Crippen molar-refractivity contribution in [2.75, 3.05) is 0 Å². The van der Waals surface area contributed by atoms with E-state index in [2.05, 4.69) is 15.9 Å². The smallest absolute Gasteiger partial charge is 0.270 e. The molecule has 0 fully saturated rings. The van der Waals surface area contributed by atoms with Gasteiger partial charge in [-0.2, -0.15) is 0 Å². The summed E-state index contributed by atoms with van der Waals surface area (Å²) in [6.45, 7) is 0. The molecule has 1 atom stereocenters. The molecule has 110 valence electrons. The van der Waals surface area contributed by atoms with Gasteiger partial charge in [0, 0.05) is 22.6 Å². The summed E-state index contributed by atoms with van der Waals surface area (Å²) in [6.07, 6.45) is 1.09. The van der Waals surface area contributed by atoms with E-state index in [9.17, 15) is 14.5 Å². The van der Waals surface area contributed by atoms with Gasteiger partial charge in [0.1, 0.15) is 5.82 Å². The van der Waals surface area contributed by atoms with Gasteiger partial charge in [-0.15, -0.1) is 0 Å². The normalized spacial score (nSPS) is 12.1. The molecule has 0 aliphatic carbocycles. The van der Waals surface area contributed by atoms with Crippen LogP contribution in [-0.4, -0.2) is 11.0 Å². The number of nitrogens with zero attached hydrogens (tertiary/aromatic N) is 1. The summed E-state index contributed by atoms with van der Waals surface area (Å²) in [7, 11) is 0. The molecule has 0 amide bonds. The highest BCUT2D eigenvalue weighted by atomic mass is 79.9. The van der Waals surface area contributed by atoms with Gasteiger partial charge < -0.3 is 5.73 Å². The molecule has 4 nitrogen and oxygen atoms in total. The molecular formula is C15H14BrFN2O2. The molecule has 0 saturated heterocycles. The summed E-state index contributed by atoms with van der Waals surface area (Å²) in [4.78, 5) is 10.2. The van der Waals surface area contributed by atoms with Crippen LogP contribution in [0.2, 0.25) is 0 Å². The second kappa shape index (κ2) is 6.78. The van der Waals surface area contributed by atoms with Gasteiger partial charge in [0.05, 0.1) is 4.92 Å². The monoisotopic (exact) mass is 352 g/mol. The van der Waals surface area contributed by atoms with Crippen molar-refractivity contribution < 1.29 is 9.31 Å². The molecule has 2 rings (SSSR count). The van der Waals surface area contributed by atoms with Crippen LogP contribution in [0.1, 0.15) is 11.1 Å². The maximum atomic E-state index is 13.1. The zero-order valence-corrected chi connectivity index (χ0v) is 12.7. The third-order valence-corrected chi connectivity index (χ3v) is 3.85. The van der Waals surface area contributed by atoms with Gasteiger partial charge in [0.25, 0.3) is 5.69 Å². The maximum Gasteiger partial charge on any atom is 0.270 e. The minimum atomic E-state index is -0.443. The van der Waals surface area contributed by atoms with E-state index in [0.717, 1.165) is 11.1 Å². The van der Waals surface area contributed by atoms with Crippen molar-refractivity contribution in [3.63, 3.8) is 0 Å². The van der Waals surface area contributed by atoms with E-state index in [-0.39, 0.29) is 17.5 Å². The van der Waals surface area contributed by atoms with E-state index >= 15 is 0 Å². The molecule has 0 aliphatic rings. The number of nitrogens with two attached hydrogens (primary N) is 1. The first-order valence-corrected chi connectivity index (χ1v) is 7.18. The maximum absolute atomic E-state index is 13.1. The van der Waals surface area contributed by atoms with E-state index in [1.165, 1.54) is 24.3 Å². The molecule has 0 bridgehead atoms. The molecule has 2 N–H and O–H groups in total. The average molecular weight is 353 g/mol. The lowest BCUT2D eigenvalue weighted by atomic mass is 9.99. The lowest BCUT2D eigenvalue weighted by molar-refractivity contribution is -0.384. The number of hydrogen-bond acceptors (Lipinski definition) is 3. The third-order valence-electron chi connectivity index (χ3n) is 3.12. The second-order valence-corrected chi connectivity index (χ2v) is 5.69. The van der Waals surface area contributed by atoms with Crippen molar-refractivity contribution in [3.05, 3.63) is 74.0 Å². The fraction of sp³-hybridized carbons (Fsp3) is 0.200. The lowest BCUT2D eigenvalue weighted by Gasteiger charge is -2.13. The highest BCUT2D eigenvalue weighted by Gasteiger charge is 2.12. The van der Waals surface area contributed by atoms with E-state index in [1.807, 2.05) is 6.07 Å². The molecule has 1 unspecified atom stereocenters. The summed E-state index contributed by atoms with van der Waals surface area (Å²) >= 11 is 3.32. The van der Waals surface area contributed by atoms with E-state index in [0.29, 0.717) is 17.3 Å². The molecule has 2 aromatic carbocycles. The molecule has 0 saturated carbocycles. The number of benzene rings is 2. The number of hydrogen-bond donors (Lipinski definition) is 1. The standard InChI is InChI=1S/C15H14BrFN2O2/c16-15-9-14(19(20)21)5-4-11(15)8-13(18)7-10-2-1-3-12(17)6-10/h1-6,9,13H,7-8,18H2. The molecule has 21 heavy (non-hydrogen) atoms. The van der Waals surface area contributed by atoms with Crippen LogP contribution in [0, 0.1) is 15.9 Å². The van der Waals surface area contributed by atoms with Gasteiger partial charge in [0.2, 0.25) is 0 Å². The fourth-order valence-corrected chi connectivity index (χ4v) is 2.67. The molecule has 0 aliphatic heterocycles. The van der Waals surface area contributed by atoms with Gasteiger partial charge in [-0.05, 0) is 36.1 Å². The summed E-state index contributed by atoms with van der Waals surface area (Å²) in [5.41, 5.74) is 7.84. The summed E-state index contributed by atoms with van der Waals surface area (Å²) in [5.74, 6) is -0.281. The van der Waals surface area contributed by atoms with Crippen LogP contribution in [-0.2, 0) is 12.8 Å². The summed E-state index contributed by atoms with van der Waals surface area (Å²) in [6, 6.07) is 10.7. The Hall–Kier alpha value is -1.79. The average Bonchev–Trinajstić information content (AvgIpc) is 2.40. The second-order valence-electron chi connectivity index (χ2n) is 4.83. The van der Waals surface area contributed by atoms with Gasteiger partial charge in [0.15, 0.2) is 0 Å². The molecule has 6 heteroatoms. The van der Waals surface area contributed by atoms with Crippen LogP contribution in [0.15, 0.2) is 46.9 Å². The quantitative estimate of drug-likeness (QED) is 0.660. The van der Waals surface area contributed by atoms with Crippen molar-refractivity contribution in [3.8, 4) is 0 Å². The largest absolute Gasteiger partial charge is 0.327 e. The van der Waals surface area contributed by atoms with E-state index < -0.39 is 4.92 Å². The van der Waals surface area contributed by atoms with Crippen molar-refractivity contribution in [2.45, 2.75) is 18.9 Å². The van der Waals surface area contributed by atoms with Gasteiger partial charge in [-0.1, -0.05) is 34.1 Å². The lowest BCUT2D eigenvalue weighted by Crippen LogP contribution is -2.25. The summed E-state index contributed by atoms with van der Waals surface area (Å²) in [5, 5.41) is 10.7. The van der Waals surface area contributed by atoms with Crippen molar-refractivity contribution in [2.24, 2.45) is 5.73 Å². The predicted octanol–water partition coefficient (Wildman–Crippen LogP) is 3.61. The van der Waals surface area contributed by atoms with Gasteiger partial charge in [-0.3, -0.25) is 10.1 Å². The molecule has 0 radical (unpaired) electrons. The minimum absolute atomic E-state index is 0.0318. The topological polar surface area (TPSA) is 69.2 Å². The van der Waals surface area contributed by atoms with Crippen LogP contribution in [0.4, 0.5) is 10.1 Å². The molecule has 0 spiro atoms. The first-order chi connectivity index (χ1) is 9.95. The Morgan fingerprint density at radius 2 is 2.00 bits per heavy atom. The van der Waals surface area contributed by atoms with Crippen molar-refractivity contribution >= 4 is 21.6 Å². The van der Waals surface area contributed by atoms with Crippen molar-refractivity contribution in [1.29, 1.82) is 0 Å².